The predicted molar refractivity (Wildman–Crippen MR) is 72.2 cm³/mol. The van der Waals surface area contributed by atoms with Gasteiger partial charge in [-0.3, -0.25) is 4.79 Å². The van der Waals surface area contributed by atoms with E-state index in [9.17, 15) is 9.18 Å². The van der Waals surface area contributed by atoms with Gasteiger partial charge in [-0.15, -0.1) is 0 Å². The first-order valence-electron chi connectivity index (χ1n) is 5.46. The third-order valence-corrected chi connectivity index (χ3v) is 3.00. The summed E-state index contributed by atoms with van der Waals surface area (Å²) in [4.78, 5) is 12.2. The highest BCUT2D eigenvalue weighted by molar-refractivity contribution is 6.33. The molecular formula is C14H11ClFNO2. The maximum absolute atomic E-state index is 13.5. The molecule has 5 heteroatoms. The molecule has 0 spiro atoms. The first-order chi connectivity index (χ1) is 9.02. The number of carbonyl (C=O) groups excluding carboxylic acids is 1. The molecule has 0 heterocycles. The number of hydrogen-bond acceptors (Lipinski definition) is 3. The van der Waals surface area contributed by atoms with Crippen LogP contribution in [0.2, 0.25) is 5.02 Å². The Morgan fingerprint density at radius 3 is 2.42 bits per heavy atom. The second-order valence-electron chi connectivity index (χ2n) is 3.91. The molecule has 0 aliphatic carbocycles. The molecule has 2 aromatic carbocycles. The second-order valence-corrected chi connectivity index (χ2v) is 4.32. The van der Waals surface area contributed by atoms with E-state index < -0.39 is 5.82 Å². The standard InChI is InChI=1S/C14H11ClFNO2/c1-19-13-5-3-9(7-11(13)16)14(18)8-2-4-12(17)10(15)6-8/h2-7H,17H2,1H3. The summed E-state index contributed by atoms with van der Waals surface area (Å²) in [5.74, 6) is -0.828. The van der Waals surface area contributed by atoms with Crippen molar-refractivity contribution in [3.63, 3.8) is 0 Å². The number of carbonyl (C=O) groups is 1. The SMILES string of the molecule is COc1ccc(C(=O)c2ccc(N)c(Cl)c2)cc1F. The lowest BCUT2D eigenvalue weighted by Gasteiger charge is -2.06. The van der Waals surface area contributed by atoms with Crippen molar-refractivity contribution in [3.05, 3.63) is 58.4 Å². The Morgan fingerprint density at radius 2 is 1.84 bits per heavy atom. The summed E-state index contributed by atoms with van der Waals surface area (Å²) in [6.07, 6.45) is 0. The zero-order chi connectivity index (χ0) is 14.0. The lowest BCUT2D eigenvalue weighted by Crippen LogP contribution is -2.03. The normalized spacial score (nSPS) is 10.3. The van der Waals surface area contributed by atoms with E-state index in [4.69, 9.17) is 22.1 Å². The number of hydrogen-bond donors (Lipinski definition) is 1. The zero-order valence-corrected chi connectivity index (χ0v) is 10.9. The van der Waals surface area contributed by atoms with Crippen LogP contribution in [0.15, 0.2) is 36.4 Å². The van der Waals surface area contributed by atoms with Crippen LogP contribution in [-0.4, -0.2) is 12.9 Å². The van der Waals surface area contributed by atoms with Gasteiger partial charge in [-0.25, -0.2) is 4.39 Å². The number of halogens is 2. The van der Waals surface area contributed by atoms with Crippen LogP contribution in [0, 0.1) is 5.82 Å². The first kappa shape index (κ1) is 13.4. The van der Waals surface area contributed by atoms with E-state index in [1.807, 2.05) is 0 Å². The summed E-state index contributed by atoms with van der Waals surface area (Å²) in [5, 5.41) is 0.292. The fraction of sp³-hybridized carbons (Fsp3) is 0.0714. The number of nitrogens with two attached hydrogens (primary N) is 1. The molecule has 2 rings (SSSR count). The largest absolute Gasteiger partial charge is 0.494 e. The van der Waals surface area contributed by atoms with Gasteiger partial charge >= 0.3 is 0 Å². The Labute approximate surface area is 114 Å². The van der Waals surface area contributed by atoms with Gasteiger partial charge in [-0.2, -0.15) is 0 Å². The van der Waals surface area contributed by atoms with Crippen molar-refractivity contribution in [2.24, 2.45) is 0 Å². The molecule has 0 saturated heterocycles. The van der Waals surface area contributed by atoms with Crippen molar-refractivity contribution in [1.82, 2.24) is 0 Å². The van der Waals surface area contributed by atoms with E-state index in [2.05, 4.69) is 0 Å². The van der Waals surface area contributed by atoms with Crippen LogP contribution >= 0.6 is 11.6 Å². The topological polar surface area (TPSA) is 52.3 Å². The number of methoxy groups -OCH3 is 1. The Bertz CT molecular complexity index is 643. The predicted octanol–water partition coefficient (Wildman–Crippen LogP) is 3.30. The van der Waals surface area contributed by atoms with Gasteiger partial charge in [0.2, 0.25) is 0 Å². The Hall–Kier alpha value is -2.07. The Kier molecular flexibility index (Phi) is 3.71. The van der Waals surface area contributed by atoms with E-state index in [-0.39, 0.29) is 17.1 Å². The second kappa shape index (κ2) is 5.28. The van der Waals surface area contributed by atoms with Gasteiger partial charge in [0.25, 0.3) is 0 Å². The third-order valence-electron chi connectivity index (χ3n) is 2.68. The van der Waals surface area contributed by atoms with Crippen molar-refractivity contribution < 1.29 is 13.9 Å². The fourth-order valence-corrected chi connectivity index (χ4v) is 1.82. The summed E-state index contributed by atoms with van der Waals surface area (Å²) >= 11 is 5.85. The Balaban J connectivity index is 2.38. The number of rotatable bonds is 3. The minimum atomic E-state index is -0.588. The van der Waals surface area contributed by atoms with Gasteiger partial charge in [0, 0.05) is 11.1 Å². The first-order valence-corrected chi connectivity index (χ1v) is 5.84. The van der Waals surface area contributed by atoms with Crippen LogP contribution in [-0.2, 0) is 0 Å². The molecule has 19 heavy (non-hydrogen) atoms. The van der Waals surface area contributed by atoms with E-state index >= 15 is 0 Å². The van der Waals surface area contributed by atoms with Gasteiger partial charge < -0.3 is 10.5 Å². The molecule has 0 aromatic heterocycles. The Morgan fingerprint density at radius 1 is 1.21 bits per heavy atom. The molecule has 0 aliphatic rings. The highest BCUT2D eigenvalue weighted by Crippen LogP contribution is 2.23. The van der Waals surface area contributed by atoms with Crippen LogP contribution in [0.5, 0.6) is 5.75 Å². The van der Waals surface area contributed by atoms with Crippen molar-refractivity contribution in [2.45, 2.75) is 0 Å². The minimum absolute atomic E-state index is 0.0897. The molecule has 0 unspecified atom stereocenters. The molecule has 0 radical (unpaired) electrons. The molecule has 0 saturated carbocycles. The number of ether oxygens (including phenoxy) is 1. The highest BCUT2D eigenvalue weighted by atomic mass is 35.5. The molecule has 0 atom stereocenters. The van der Waals surface area contributed by atoms with Crippen molar-refractivity contribution in [2.75, 3.05) is 12.8 Å². The summed E-state index contributed by atoms with van der Waals surface area (Å²) in [7, 11) is 1.36. The maximum Gasteiger partial charge on any atom is 0.193 e. The molecule has 98 valence electrons. The van der Waals surface area contributed by atoms with Crippen LogP contribution in [0.25, 0.3) is 0 Å². The van der Waals surface area contributed by atoms with Gasteiger partial charge in [-0.1, -0.05) is 11.6 Å². The van der Waals surface area contributed by atoms with Gasteiger partial charge in [0.05, 0.1) is 17.8 Å². The lowest BCUT2D eigenvalue weighted by molar-refractivity contribution is 0.103. The third kappa shape index (κ3) is 2.69. The van der Waals surface area contributed by atoms with E-state index in [0.717, 1.165) is 6.07 Å². The lowest BCUT2D eigenvalue weighted by atomic mass is 10.0. The highest BCUT2D eigenvalue weighted by Gasteiger charge is 2.13. The van der Waals surface area contributed by atoms with Gasteiger partial charge in [0.1, 0.15) is 0 Å². The maximum atomic E-state index is 13.5. The van der Waals surface area contributed by atoms with Crippen LogP contribution in [0.4, 0.5) is 10.1 Å². The number of benzene rings is 2. The smallest absolute Gasteiger partial charge is 0.193 e. The molecule has 3 nitrogen and oxygen atoms in total. The summed E-state index contributed by atoms with van der Waals surface area (Å²) in [6, 6.07) is 8.57. The quantitative estimate of drug-likeness (QED) is 0.693. The van der Waals surface area contributed by atoms with Crippen molar-refractivity contribution >= 4 is 23.1 Å². The summed E-state index contributed by atoms with van der Waals surface area (Å²) in [5.41, 5.74) is 6.53. The van der Waals surface area contributed by atoms with E-state index in [1.54, 1.807) is 6.07 Å². The number of anilines is 1. The molecule has 2 aromatic rings. The number of ketones is 1. The summed E-state index contributed by atoms with van der Waals surface area (Å²) in [6.45, 7) is 0. The average molecular weight is 280 g/mol. The molecule has 0 aliphatic heterocycles. The summed E-state index contributed by atoms with van der Waals surface area (Å²) < 4.78 is 18.3. The van der Waals surface area contributed by atoms with Gasteiger partial charge in [-0.05, 0) is 36.4 Å². The van der Waals surface area contributed by atoms with E-state index in [1.165, 1.54) is 31.4 Å². The minimum Gasteiger partial charge on any atom is -0.494 e. The molecular weight excluding hydrogens is 269 g/mol. The van der Waals surface area contributed by atoms with Crippen molar-refractivity contribution in [1.29, 1.82) is 0 Å². The zero-order valence-electron chi connectivity index (χ0n) is 10.1. The average Bonchev–Trinajstić information content (AvgIpc) is 2.41. The monoisotopic (exact) mass is 279 g/mol. The molecule has 0 amide bonds. The number of nitrogen functional groups attached to an aromatic ring is 1. The van der Waals surface area contributed by atoms with Crippen LogP contribution in [0.1, 0.15) is 15.9 Å². The fourth-order valence-electron chi connectivity index (χ4n) is 1.64. The van der Waals surface area contributed by atoms with E-state index in [0.29, 0.717) is 16.3 Å². The molecule has 0 fully saturated rings. The van der Waals surface area contributed by atoms with Crippen LogP contribution < -0.4 is 10.5 Å². The van der Waals surface area contributed by atoms with Crippen molar-refractivity contribution in [3.8, 4) is 5.75 Å². The molecule has 0 bridgehead atoms. The molecule has 2 N–H and O–H groups in total. The van der Waals surface area contributed by atoms with Gasteiger partial charge in [0.15, 0.2) is 17.3 Å². The van der Waals surface area contributed by atoms with Crippen LogP contribution in [0.3, 0.4) is 0 Å².